The third-order valence-electron chi connectivity index (χ3n) is 6.60. The molecule has 0 saturated heterocycles. The molecule has 7 rings (SSSR count). The number of phenols is 1. The number of benzene rings is 2. The second-order valence-corrected chi connectivity index (χ2v) is 9.12. The van der Waals surface area contributed by atoms with Gasteiger partial charge in [-0.05, 0) is 84.0 Å². The molecule has 0 fully saturated rings. The van der Waals surface area contributed by atoms with Crippen LogP contribution < -0.4 is 0 Å². The average Bonchev–Trinajstić information content (AvgIpc) is 3.71. The van der Waals surface area contributed by atoms with Crippen LogP contribution in [0.3, 0.4) is 0 Å². The summed E-state index contributed by atoms with van der Waals surface area (Å²) in [6, 6.07) is 29.9. The minimum atomic E-state index is 0.211. The summed E-state index contributed by atoms with van der Waals surface area (Å²) in [5.74, 6) is 0.211. The van der Waals surface area contributed by atoms with Gasteiger partial charge in [0, 0.05) is 33.2 Å². The summed E-state index contributed by atoms with van der Waals surface area (Å²) in [6.45, 7) is 0. The number of aromatic amines is 2. The van der Waals surface area contributed by atoms with Gasteiger partial charge in [0.1, 0.15) is 5.75 Å². The summed E-state index contributed by atoms with van der Waals surface area (Å²) in [4.78, 5) is 17.0. The molecule has 0 spiro atoms. The lowest BCUT2D eigenvalue weighted by molar-refractivity contribution is 0.475. The molecule has 176 valence electrons. The van der Waals surface area contributed by atoms with E-state index in [0.29, 0.717) is 0 Å². The number of phenolic OH excluding ortho intramolecular Hbond substituents is 1. The molecule has 2 aromatic carbocycles. The van der Waals surface area contributed by atoms with Crippen LogP contribution in [0.25, 0.3) is 68.6 Å². The standard InChI is InChI=1S/C32H22N4O/c37-26-8-4-7-21(17-26)32-28-14-12-25(35-28)19-23-10-9-22(33-23)18-24-11-13-27(34-24)31(20-5-2-1-3-6-20)29-15-16-30(32)36-29/h1-19,34-35,37H. The van der Waals surface area contributed by atoms with Crippen LogP contribution in [0.15, 0.2) is 91.0 Å². The monoisotopic (exact) mass is 478 g/mol. The second-order valence-electron chi connectivity index (χ2n) is 9.12. The Morgan fingerprint density at radius 1 is 0.514 bits per heavy atom. The van der Waals surface area contributed by atoms with Crippen LogP contribution in [0.4, 0.5) is 0 Å². The molecule has 8 bridgehead atoms. The molecule has 0 atom stereocenters. The van der Waals surface area contributed by atoms with Crippen LogP contribution in [0.1, 0.15) is 22.8 Å². The van der Waals surface area contributed by atoms with E-state index in [-0.39, 0.29) is 5.75 Å². The normalized spacial score (nSPS) is 12.2. The average molecular weight is 479 g/mol. The van der Waals surface area contributed by atoms with Gasteiger partial charge in [-0.25, -0.2) is 9.97 Å². The quantitative estimate of drug-likeness (QED) is 0.238. The maximum absolute atomic E-state index is 10.3. The predicted molar refractivity (Wildman–Crippen MR) is 151 cm³/mol. The summed E-state index contributed by atoms with van der Waals surface area (Å²) in [5, 5.41) is 10.3. The minimum Gasteiger partial charge on any atom is -0.508 e. The third-order valence-corrected chi connectivity index (χ3v) is 6.60. The molecule has 5 nitrogen and oxygen atoms in total. The molecule has 0 unspecified atom stereocenters. The number of fused-ring (bicyclic) bond motifs is 8. The first-order valence-electron chi connectivity index (χ1n) is 12.1. The Balaban J connectivity index is 1.64. The largest absolute Gasteiger partial charge is 0.508 e. The highest BCUT2D eigenvalue weighted by atomic mass is 16.3. The van der Waals surface area contributed by atoms with Gasteiger partial charge in [0.15, 0.2) is 0 Å². The van der Waals surface area contributed by atoms with Crippen molar-refractivity contribution >= 4 is 46.4 Å². The van der Waals surface area contributed by atoms with E-state index in [2.05, 4.69) is 40.3 Å². The lowest BCUT2D eigenvalue weighted by Crippen LogP contribution is -1.87. The van der Waals surface area contributed by atoms with Gasteiger partial charge in [-0.3, -0.25) is 0 Å². The molecule has 3 aromatic heterocycles. The highest BCUT2D eigenvalue weighted by molar-refractivity contribution is 5.95. The smallest absolute Gasteiger partial charge is 0.116 e. The lowest BCUT2D eigenvalue weighted by atomic mass is 10.0. The van der Waals surface area contributed by atoms with Gasteiger partial charge in [-0.15, -0.1) is 0 Å². The minimum absolute atomic E-state index is 0.211. The fourth-order valence-electron chi connectivity index (χ4n) is 4.95. The molecule has 5 heterocycles. The molecule has 3 N–H and O–H groups in total. The Labute approximate surface area is 213 Å². The molecule has 2 aliphatic rings. The van der Waals surface area contributed by atoms with E-state index < -0.39 is 0 Å². The zero-order chi connectivity index (χ0) is 24.8. The van der Waals surface area contributed by atoms with Crippen molar-refractivity contribution in [2.45, 2.75) is 0 Å². The lowest BCUT2D eigenvalue weighted by Gasteiger charge is -2.05. The van der Waals surface area contributed by atoms with Crippen molar-refractivity contribution in [3.05, 3.63) is 114 Å². The summed E-state index contributed by atoms with van der Waals surface area (Å²) < 4.78 is 0. The summed E-state index contributed by atoms with van der Waals surface area (Å²) in [7, 11) is 0. The number of rotatable bonds is 2. The van der Waals surface area contributed by atoms with Crippen molar-refractivity contribution in [2.24, 2.45) is 0 Å². The first-order chi connectivity index (χ1) is 18.2. The molecule has 2 aliphatic heterocycles. The zero-order valence-corrected chi connectivity index (χ0v) is 19.8. The topological polar surface area (TPSA) is 77.6 Å². The van der Waals surface area contributed by atoms with Crippen LogP contribution >= 0.6 is 0 Å². The molecule has 37 heavy (non-hydrogen) atoms. The van der Waals surface area contributed by atoms with Gasteiger partial charge < -0.3 is 15.1 Å². The molecular formula is C32H22N4O. The maximum atomic E-state index is 10.3. The number of H-pyrrole nitrogens is 2. The maximum Gasteiger partial charge on any atom is 0.116 e. The van der Waals surface area contributed by atoms with Crippen molar-refractivity contribution in [2.75, 3.05) is 0 Å². The highest BCUT2D eigenvalue weighted by Gasteiger charge is 2.15. The second kappa shape index (κ2) is 8.50. The van der Waals surface area contributed by atoms with Crippen molar-refractivity contribution in [1.29, 1.82) is 0 Å². The Hall–Kier alpha value is -5.16. The van der Waals surface area contributed by atoms with Gasteiger partial charge in [-0.2, -0.15) is 0 Å². The van der Waals surface area contributed by atoms with Crippen LogP contribution in [0.2, 0.25) is 0 Å². The summed E-state index contributed by atoms with van der Waals surface area (Å²) in [5.41, 5.74) is 11.1. The molecule has 0 radical (unpaired) electrons. The van der Waals surface area contributed by atoms with Gasteiger partial charge in [-0.1, -0.05) is 42.5 Å². The van der Waals surface area contributed by atoms with Crippen LogP contribution in [-0.2, 0) is 0 Å². The van der Waals surface area contributed by atoms with E-state index in [1.807, 2.05) is 72.8 Å². The number of aromatic hydroxyl groups is 1. The van der Waals surface area contributed by atoms with Crippen molar-refractivity contribution in [3.8, 4) is 28.0 Å². The van der Waals surface area contributed by atoms with E-state index in [9.17, 15) is 5.11 Å². The van der Waals surface area contributed by atoms with Crippen molar-refractivity contribution in [1.82, 2.24) is 19.9 Å². The Morgan fingerprint density at radius 3 is 1.73 bits per heavy atom. The Bertz CT molecular complexity index is 1890. The van der Waals surface area contributed by atoms with E-state index in [0.717, 1.165) is 67.1 Å². The fourth-order valence-corrected chi connectivity index (χ4v) is 4.95. The number of nitrogens with zero attached hydrogens (tertiary/aromatic N) is 2. The summed E-state index contributed by atoms with van der Waals surface area (Å²) >= 11 is 0. The van der Waals surface area contributed by atoms with Crippen molar-refractivity contribution in [3.63, 3.8) is 0 Å². The van der Waals surface area contributed by atoms with E-state index in [4.69, 9.17) is 9.97 Å². The molecule has 5 heteroatoms. The first-order valence-corrected chi connectivity index (χ1v) is 12.1. The fraction of sp³-hybridized carbons (Fsp3) is 0. The molecule has 0 amide bonds. The van der Waals surface area contributed by atoms with Crippen LogP contribution in [-0.4, -0.2) is 25.0 Å². The Morgan fingerprint density at radius 2 is 1.11 bits per heavy atom. The molecule has 5 aromatic rings. The molecule has 0 aliphatic carbocycles. The van der Waals surface area contributed by atoms with Gasteiger partial charge in [0.25, 0.3) is 0 Å². The van der Waals surface area contributed by atoms with Crippen LogP contribution in [0.5, 0.6) is 5.75 Å². The number of aromatic nitrogens is 4. The SMILES string of the molecule is Oc1cccc(-c2c3nc(c(-c4ccccc4)c4ccc(cc5nc(cc6ccc2[nH]6)C=C5)[nH]4)C=C3)c1. The van der Waals surface area contributed by atoms with Crippen molar-refractivity contribution < 1.29 is 5.11 Å². The number of nitrogens with one attached hydrogen (secondary N) is 2. The van der Waals surface area contributed by atoms with Gasteiger partial charge >= 0.3 is 0 Å². The first kappa shape index (κ1) is 21.1. The highest BCUT2D eigenvalue weighted by Crippen LogP contribution is 2.35. The molecular weight excluding hydrogens is 456 g/mol. The van der Waals surface area contributed by atoms with Gasteiger partial charge in [0.2, 0.25) is 0 Å². The van der Waals surface area contributed by atoms with Gasteiger partial charge in [0.05, 0.1) is 22.8 Å². The predicted octanol–water partition coefficient (Wildman–Crippen LogP) is 7.70. The summed E-state index contributed by atoms with van der Waals surface area (Å²) in [6.07, 6.45) is 8.13. The van der Waals surface area contributed by atoms with E-state index in [1.54, 1.807) is 12.1 Å². The third kappa shape index (κ3) is 3.93. The number of hydrogen-bond acceptors (Lipinski definition) is 3. The molecule has 0 saturated carbocycles. The van der Waals surface area contributed by atoms with E-state index >= 15 is 0 Å². The Kier molecular flexibility index (Phi) is 4.86. The number of hydrogen-bond donors (Lipinski definition) is 3. The zero-order valence-electron chi connectivity index (χ0n) is 19.8. The van der Waals surface area contributed by atoms with E-state index in [1.165, 1.54) is 0 Å². The van der Waals surface area contributed by atoms with Crippen LogP contribution in [0, 0.1) is 0 Å².